The molecule has 0 radical (unpaired) electrons. The van der Waals surface area contributed by atoms with Crippen LogP contribution in [0.5, 0.6) is 0 Å². The summed E-state index contributed by atoms with van der Waals surface area (Å²) in [5, 5.41) is 2.19. The highest BCUT2D eigenvalue weighted by Gasteiger charge is 2.29. The van der Waals surface area contributed by atoms with Crippen molar-refractivity contribution in [2.75, 3.05) is 13.1 Å². The number of nitrogens with zero attached hydrogens (tertiary/aromatic N) is 2. The standard InChI is InChI=1S/C22H20N2O2/c25-21(18-11-10-16-6-1-2-7-17(16)14-18)19-8-5-13-24(15-19)22(26)20-9-3-4-12-23-20/h1-4,6-7,9-12,14,19H,5,8,13,15H2/t19-/m1/s1. The van der Waals surface area contributed by atoms with Gasteiger partial charge in [0.05, 0.1) is 0 Å². The second-order valence-electron chi connectivity index (χ2n) is 6.73. The average Bonchev–Trinajstić information content (AvgIpc) is 2.73. The first kappa shape index (κ1) is 16.5. The van der Waals surface area contributed by atoms with Crippen molar-refractivity contribution >= 4 is 22.5 Å². The smallest absolute Gasteiger partial charge is 0.272 e. The Morgan fingerprint density at radius 1 is 0.962 bits per heavy atom. The molecule has 4 nitrogen and oxygen atoms in total. The lowest BCUT2D eigenvalue weighted by atomic mass is 9.89. The van der Waals surface area contributed by atoms with Crippen LogP contribution in [0.15, 0.2) is 66.9 Å². The minimum Gasteiger partial charge on any atom is -0.337 e. The number of amides is 1. The van der Waals surface area contributed by atoms with Crippen molar-refractivity contribution in [1.29, 1.82) is 0 Å². The summed E-state index contributed by atoms with van der Waals surface area (Å²) in [5.41, 5.74) is 1.16. The van der Waals surface area contributed by atoms with E-state index in [0.29, 0.717) is 18.8 Å². The summed E-state index contributed by atoms with van der Waals surface area (Å²) in [7, 11) is 0. The van der Waals surface area contributed by atoms with Crippen LogP contribution in [-0.2, 0) is 0 Å². The number of rotatable bonds is 3. The van der Waals surface area contributed by atoms with Crippen LogP contribution in [0, 0.1) is 5.92 Å². The molecule has 1 atom stereocenters. The molecule has 130 valence electrons. The lowest BCUT2D eigenvalue weighted by Gasteiger charge is -2.31. The fourth-order valence-corrected chi connectivity index (χ4v) is 3.61. The summed E-state index contributed by atoms with van der Waals surface area (Å²) >= 11 is 0. The summed E-state index contributed by atoms with van der Waals surface area (Å²) in [6, 6.07) is 19.2. The molecule has 1 aliphatic heterocycles. The number of ketones is 1. The van der Waals surface area contributed by atoms with Crippen LogP contribution in [0.3, 0.4) is 0 Å². The highest BCUT2D eigenvalue weighted by atomic mass is 16.2. The molecule has 0 aliphatic carbocycles. The Bertz CT molecular complexity index is 953. The highest BCUT2D eigenvalue weighted by molar-refractivity contribution is 6.02. The molecule has 3 aromatic rings. The van der Waals surface area contributed by atoms with Gasteiger partial charge >= 0.3 is 0 Å². The number of pyridine rings is 1. The molecule has 0 spiro atoms. The SMILES string of the molecule is O=C(c1ccc2ccccc2c1)[C@@H]1CCCN(C(=O)c2ccccn2)C1. The molecule has 0 unspecified atom stereocenters. The predicted molar refractivity (Wildman–Crippen MR) is 101 cm³/mol. The van der Waals surface area contributed by atoms with E-state index >= 15 is 0 Å². The Hall–Kier alpha value is -3.01. The molecule has 4 heteroatoms. The molecule has 4 rings (SSSR count). The Morgan fingerprint density at radius 2 is 1.77 bits per heavy atom. The van der Waals surface area contributed by atoms with Crippen molar-refractivity contribution in [1.82, 2.24) is 9.88 Å². The third-order valence-electron chi connectivity index (χ3n) is 5.00. The fraction of sp³-hybridized carbons (Fsp3) is 0.227. The number of piperidine rings is 1. The number of likely N-dealkylation sites (tertiary alicyclic amines) is 1. The number of Topliss-reactive ketones (excluding diaryl/α,β-unsaturated/α-hetero) is 1. The zero-order valence-corrected chi connectivity index (χ0v) is 14.5. The molecule has 26 heavy (non-hydrogen) atoms. The number of aromatic nitrogens is 1. The number of benzene rings is 2. The summed E-state index contributed by atoms with van der Waals surface area (Å²) in [5.74, 6) is -0.131. The van der Waals surface area contributed by atoms with Crippen LogP contribution in [0.2, 0.25) is 0 Å². The molecule has 1 aromatic heterocycles. The van der Waals surface area contributed by atoms with E-state index in [9.17, 15) is 9.59 Å². The van der Waals surface area contributed by atoms with Crippen LogP contribution in [0.25, 0.3) is 10.8 Å². The van der Waals surface area contributed by atoms with E-state index in [2.05, 4.69) is 4.98 Å². The monoisotopic (exact) mass is 344 g/mol. The van der Waals surface area contributed by atoms with Gasteiger partial charge in [-0.15, -0.1) is 0 Å². The molecule has 1 amide bonds. The van der Waals surface area contributed by atoms with Gasteiger partial charge in [-0.2, -0.15) is 0 Å². The quantitative estimate of drug-likeness (QED) is 0.676. The van der Waals surface area contributed by atoms with Gasteiger partial charge in [0.25, 0.3) is 5.91 Å². The third kappa shape index (κ3) is 3.23. The zero-order valence-electron chi connectivity index (χ0n) is 14.5. The van der Waals surface area contributed by atoms with Gasteiger partial charge in [-0.25, -0.2) is 0 Å². The van der Waals surface area contributed by atoms with Crippen molar-refractivity contribution in [2.45, 2.75) is 12.8 Å². The first-order valence-corrected chi connectivity index (χ1v) is 8.96. The predicted octanol–water partition coefficient (Wildman–Crippen LogP) is 3.97. The van der Waals surface area contributed by atoms with Gasteiger partial charge in [-0.3, -0.25) is 14.6 Å². The van der Waals surface area contributed by atoms with Gasteiger partial charge in [0.15, 0.2) is 5.78 Å². The Labute approximate surface area is 152 Å². The molecule has 1 saturated heterocycles. The second kappa shape index (κ2) is 7.08. The van der Waals surface area contributed by atoms with E-state index in [-0.39, 0.29) is 17.6 Å². The zero-order chi connectivity index (χ0) is 17.9. The summed E-state index contributed by atoms with van der Waals surface area (Å²) in [6.07, 6.45) is 3.27. The van der Waals surface area contributed by atoms with Crippen LogP contribution in [-0.4, -0.2) is 34.7 Å². The van der Waals surface area contributed by atoms with Crippen LogP contribution in [0.4, 0.5) is 0 Å². The lowest BCUT2D eigenvalue weighted by molar-refractivity contribution is 0.0632. The normalized spacial score (nSPS) is 17.2. The minimum atomic E-state index is -0.155. The molecule has 1 aliphatic rings. The van der Waals surface area contributed by atoms with E-state index in [0.717, 1.165) is 29.2 Å². The topological polar surface area (TPSA) is 50.3 Å². The number of fused-ring (bicyclic) bond motifs is 1. The van der Waals surface area contributed by atoms with E-state index in [1.807, 2.05) is 48.5 Å². The molecule has 1 fully saturated rings. The van der Waals surface area contributed by atoms with Crippen molar-refractivity contribution in [3.8, 4) is 0 Å². The number of carbonyl (C=O) groups is 2. The largest absolute Gasteiger partial charge is 0.337 e. The summed E-state index contributed by atoms with van der Waals surface area (Å²) < 4.78 is 0. The van der Waals surface area contributed by atoms with Gasteiger partial charge in [0.1, 0.15) is 5.69 Å². The first-order chi connectivity index (χ1) is 12.7. The molecule has 0 saturated carbocycles. The van der Waals surface area contributed by atoms with Crippen LogP contribution >= 0.6 is 0 Å². The summed E-state index contributed by atoms with van der Waals surface area (Å²) in [4.78, 5) is 31.5. The molecular formula is C22H20N2O2. The fourth-order valence-electron chi connectivity index (χ4n) is 3.61. The molecule has 0 bridgehead atoms. The number of carbonyl (C=O) groups excluding carboxylic acids is 2. The molecular weight excluding hydrogens is 324 g/mol. The summed E-state index contributed by atoms with van der Waals surface area (Å²) in [6.45, 7) is 1.14. The molecule has 2 aromatic carbocycles. The van der Waals surface area contributed by atoms with Gasteiger partial charge in [0.2, 0.25) is 0 Å². The van der Waals surface area contributed by atoms with E-state index in [1.165, 1.54) is 0 Å². The number of hydrogen-bond acceptors (Lipinski definition) is 3. The Balaban J connectivity index is 1.53. The van der Waals surface area contributed by atoms with Crippen LogP contribution < -0.4 is 0 Å². The van der Waals surface area contributed by atoms with Crippen molar-refractivity contribution in [3.05, 3.63) is 78.1 Å². The van der Waals surface area contributed by atoms with Gasteiger partial charge < -0.3 is 4.90 Å². The van der Waals surface area contributed by atoms with Crippen molar-refractivity contribution in [2.24, 2.45) is 5.92 Å². The Kier molecular flexibility index (Phi) is 4.48. The van der Waals surface area contributed by atoms with Gasteiger partial charge in [0, 0.05) is 30.8 Å². The maximum absolute atomic E-state index is 13.0. The van der Waals surface area contributed by atoms with Crippen LogP contribution in [0.1, 0.15) is 33.7 Å². The van der Waals surface area contributed by atoms with E-state index in [4.69, 9.17) is 0 Å². The molecule has 2 heterocycles. The second-order valence-corrected chi connectivity index (χ2v) is 6.73. The first-order valence-electron chi connectivity index (χ1n) is 8.96. The highest BCUT2D eigenvalue weighted by Crippen LogP contribution is 2.24. The maximum atomic E-state index is 13.0. The maximum Gasteiger partial charge on any atom is 0.272 e. The molecule has 0 N–H and O–H groups in total. The average molecular weight is 344 g/mol. The van der Waals surface area contributed by atoms with E-state index in [1.54, 1.807) is 23.2 Å². The Morgan fingerprint density at radius 3 is 2.58 bits per heavy atom. The van der Waals surface area contributed by atoms with E-state index < -0.39 is 0 Å². The van der Waals surface area contributed by atoms with Crippen molar-refractivity contribution < 1.29 is 9.59 Å². The van der Waals surface area contributed by atoms with Gasteiger partial charge in [-0.1, -0.05) is 42.5 Å². The van der Waals surface area contributed by atoms with Crippen molar-refractivity contribution in [3.63, 3.8) is 0 Å². The number of hydrogen-bond donors (Lipinski definition) is 0. The lowest BCUT2D eigenvalue weighted by Crippen LogP contribution is -2.42. The third-order valence-corrected chi connectivity index (χ3v) is 5.00. The minimum absolute atomic E-state index is 0.0957. The van der Waals surface area contributed by atoms with Gasteiger partial charge in [-0.05, 0) is 41.8 Å².